The molecule has 0 radical (unpaired) electrons. The Morgan fingerprint density at radius 2 is 2.35 bits per heavy atom. The molecule has 0 aromatic carbocycles. The van der Waals surface area contributed by atoms with Crippen LogP contribution < -0.4 is 10.6 Å². The van der Waals surface area contributed by atoms with Crippen molar-refractivity contribution in [2.45, 2.75) is 31.7 Å². The van der Waals surface area contributed by atoms with Crippen molar-refractivity contribution in [3.8, 4) is 6.07 Å². The summed E-state index contributed by atoms with van der Waals surface area (Å²) in [4.78, 5) is 13.8. The van der Waals surface area contributed by atoms with Gasteiger partial charge in [0.2, 0.25) is 5.91 Å². The number of hydrogen-bond acceptors (Lipinski definition) is 4. The minimum Gasteiger partial charge on any atom is -0.342 e. The SMILES string of the molecule is CNCCC1CCCCN1CC(=O)NCC#N. The standard InChI is InChI=1S/C12H22N4O/c1-14-7-5-11-4-2-3-9-16(11)10-12(17)15-8-6-13/h11,14H,2-5,7-10H2,1H3,(H,15,17). The summed E-state index contributed by atoms with van der Waals surface area (Å²) in [6.07, 6.45) is 4.68. The molecule has 0 aromatic rings. The molecule has 2 N–H and O–H groups in total. The lowest BCUT2D eigenvalue weighted by atomic mass is 9.99. The topological polar surface area (TPSA) is 68.2 Å². The average Bonchev–Trinajstić information content (AvgIpc) is 2.35. The molecular formula is C12H22N4O. The Balaban J connectivity index is 2.36. The van der Waals surface area contributed by atoms with E-state index in [1.165, 1.54) is 19.3 Å². The van der Waals surface area contributed by atoms with E-state index in [0.717, 1.165) is 19.5 Å². The number of piperidine rings is 1. The lowest BCUT2D eigenvalue weighted by molar-refractivity contribution is -0.122. The fraction of sp³-hybridized carbons (Fsp3) is 0.833. The maximum atomic E-state index is 11.6. The first kappa shape index (κ1) is 13.9. The zero-order valence-corrected chi connectivity index (χ0v) is 10.5. The number of nitrogens with one attached hydrogen (secondary N) is 2. The second kappa shape index (κ2) is 8.04. The van der Waals surface area contributed by atoms with Crippen LogP contribution >= 0.6 is 0 Å². The number of likely N-dealkylation sites (tertiary alicyclic amines) is 1. The average molecular weight is 238 g/mol. The van der Waals surface area contributed by atoms with Crippen molar-refractivity contribution in [2.75, 3.05) is 33.2 Å². The van der Waals surface area contributed by atoms with Crippen LogP contribution in [0.1, 0.15) is 25.7 Å². The second-order valence-electron chi connectivity index (χ2n) is 4.45. The summed E-state index contributed by atoms with van der Waals surface area (Å²) in [6.45, 7) is 2.51. The molecular weight excluding hydrogens is 216 g/mol. The fourth-order valence-electron chi connectivity index (χ4n) is 2.28. The minimum atomic E-state index is -0.0390. The molecule has 0 aliphatic carbocycles. The highest BCUT2D eigenvalue weighted by Crippen LogP contribution is 2.18. The number of hydrogen-bond donors (Lipinski definition) is 2. The number of nitrogens with zero attached hydrogens (tertiary/aromatic N) is 2. The van der Waals surface area contributed by atoms with Gasteiger partial charge in [0, 0.05) is 6.04 Å². The van der Waals surface area contributed by atoms with E-state index < -0.39 is 0 Å². The van der Waals surface area contributed by atoms with Crippen LogP contribution in [0.5, 0.6) is 0 Å². The van der Waals surface area contributed by atoms with Crippen LogP contribution in [0.4, 0.5) is 0 Å². The highest BCUT2D eigenvalue weighted by atomic mass is 16.2. The maximum absolute atomic E-state index is 11.6. The molecule has 1 amide bonds. The molecule has 5 heteroatoms. The summed E-state index contributed by atoms with van der Waals surface area (Å²) in [5, 5.41) is 14.2. The van der Waals surface area contributed by atoms with Gasteiger partial charge in [0.1, 0.15) is 6.54 Å². The first-order valence-corrected chi connectivity index (χ1v) is 6.30. The molecule has 1 unspecified atom stereocenters. The molecule has 1 rings (SSSR count). The highest BCUT2D eigenvalue weighted by Gasteiger charge is 2.23. The molecule has 0 bridgehead atoms. The summed E-state index contributed by atoms with van der Waals surface area (Å²) < 4.78 is 0. The predicted octanol–water partition coefficient (Wildman–Crippen LogP) is 0.0902. The van der Waals surface area contributed by atoms with Crippen LogP contribution in [0.3, 0.4) is 0 Å². The van der Waals surface area contributed by atoms with Crippen molar-refractivity contribution in [1.29, 1.82) is 5.26 Å². The quantitative estimate of drug-likeness (QED) is 0.644. The Hall–Kier alpha value is -1.12. The highest BCUT2D eigenvalue weighted by molar-refractivity contribution is 5.78. The van der Waals surface area contributed by atoms with Crippen molar-refractivity contribution >= 4 is 5.91 Å². The zero-order valence-electron chi connectivity index (χ0n) is 10.5. The molecule has 1 aliphatic heterocycles. The zero-order chi connectivity index (χ0) is 12.5. The lowest BCUT2D eigenvalue weighted by Crippen LogP contribution is -2.46. The Morgan fingerprint density at radius 3 is 3.06 bits per heavy atom. The van der Waals surface area contributed by atoms with E-state index >= 15 is 0 Å². The van der Waals surface area contributed by atoms with Gasteiger partial charge in [-0.3, -0.25) is 9.69 Å². The summed E-state index contributed by atoms with van der Waals surface area (Å²) in [5.74, 6) is -0.0390. The van der Waals surface area contributed by atoms with Crippen LogP contribution in [0.25, 0.3) is 0 Å². The molecule has 96 valence electrons. The number of carbonyl (C=O) groups is 1. The normalized spacial score (nSPS) is 20.8. The van der Waals surface area contributed by atoms with E-state index in [1.54, 1.807) is 0 Å². The molecule has 0 aromatic heterocycles. The number of amides is 1. The van der Waals surface area contributed by atoms with Crippen LogP contribution in [-0.2, 0) is 4.79 Å². The van der Waals surface area contributed by atoms with Gasteiger partial charge in [0.15, 0.2) is 0 Å². The van der Waals surface area contributed by atoms with Crippen molar-refractivity contribution in [3.63, 3.8) is 0 Å². The Kier molecular flexibility index (Phi) is 6.60. The molecule has 5 nitrogen and oxygen atoms in total. The van der Waals surface area contributed by atoms with Gasteiger partial charge in [-0.15, -0.1) is 0 Å². The minimum absolute atomic E-state index is 0.0390. The van der Waals surface area contributed by atoms with E-state index in [0.29, 0.717) is 12.6 Å². The van der Waals surface area contributed by atoms with E-state index in [4.69, 9.17) is 5.26 Å². The summed E-state index contributed by atoms with van der Waals surface area (Å²) in [5.41, 5.74) is 0. The molecule has 1 heterocycles. The first-order valence-electron chi connectivity index (χ1n) is 6.30. The van der Waals surface area contributed by atoms with Crippen LogP contribution in [0.15, 0.2) is 0 Å². The maximum Gasteiger partial charge on any atom is 0.235 e. The third-order valence-electron chi connectivity index (χ3n) is 3.19. The van der Waals surface area contributed by atoms with Gasteiger partial charge in [-0.2, -0.15) is 5.26 Å². The van der Waals surface area contributed by atoms with Crippen LogP contribution in [0, 0.1) is 11.3 Å². The van der Waals surface area contributed by atoms with E-state index in [9.17, 15) is 4.79 Å². The lowest BCUT2D eigenvalue weighted by Gasteiger charge is -2.35. The molecule has 0 spiro atoms. The smallest absolute Gasteiger partial charge is 0.235 e. The Bertz CT molecular complexity index is 274. The van der Waals surface area contributed by atoms with Gasteiger partial charge in [-0.25, -0.2) is 0 Å². The van der Waals surface area contributed by atoms with Crippen molar-refractivity contribution in [2.24, 2.45) is 0 Å². The molecule has 1 fully saturated rings. The molecule has 17 heavy (non-hydrogen) atoms. The van der Waals surface area contributed by atoms with E-state index in [2.05, 4.69) is 15.5 Å². The fourth-order valence-corrected chi connectivity index (χ4v) is 2.28. The van der Waals surface area contributed by atoms with Gasteiger partial charge >= 0.3 is 0 Å². The van der Waals surface area contributed by atoms with E-state index in [1.807, 2.05) is 13.1 Å². The summed E-state index contributed by atoms with van der Waals surface area (Å²) in [6, 6.07) is 2.42. The summed E-state index contributed by atoms with van der Waals surface area (Å²) >= 11 is 0. The number of rotatable bonds is 6. The van der Waals surface area contributed by atoms with Crippen molar-refractivity contribution < 1.29 is 4.79 Å². The number of carbonyl (C=O) groups excluding carboxylic acids is 1. The molecule has 1 saturated heterocycles. The summed E-state index contributed by atoms with van der Waals surface area (Å²) in [7, 11) is 1.95. The van der Waals surface area contributed by atoms with Crippen LogP contribution in [0.2, 0.25) is 0 Å². The van der Waals surface area contributed by atoms with Crippen molar-refractivity contribution in [1.82, 2.24) is 15.5 Å². The Labute approximate surface area is 103 Å². The third kappa shape index (κ3) is 5.16. The molecule has 1 atom stereocenters. The van der Waals surface area contributed by atoms with Gasteiger partial charge in [0.05, 0.1) is 12.6 Å². The number of nitriles is 1. The van der Waals surface area contributed by atoms with E-state index in [-0.39, 0.29) is 12.5 Å². The molecule has 1 aliphatic rings. The first-order chi connectivity index (χ1) is 8.27. The largest absolute Gasteiger partial charge is 0.342 e. The van der Waals surface area contributed by atoms with Gasteiger partial charge in [-0.1, -0.05) is 6.42 Å². The van der Waals surface area contributed by atoms with Gasteiger partial charge in [0.25, 0.3) is 0 Å². The Morgan fingerprint density at radius 1 is 1.53 bits per heavy atom. The second-order valence-corrected chi connectivity index (χ2v) is 4.45. The third-order valence-corrected chi connectivity index (χ3v) is 3.19. The molecule has 0 saturated carbocycles. The monoisotopic (exact) mass is 238 g/mol. The van der Waals surface area contributed by atoms with Crippen LogP contribution in [-0.4, -0.2) is 50.1 Å². The van der Waals surface area contributed by atoms with Gasteiger partial charge in [-0.05, 0) is 39.4 Å². The van der Waals surface area contributed by atoms with Gasteiger partial charge < -0.3 is 10.6 Å². The van der Waals surface area contributed by atoms with Crippen molar-refractivity contribution in [3.05, 3.63) is 0 Å². The predicted molar refractivity (Wildman–Crippen MR) is 66.4 cm³/mol.